The van der Waals surface area contributed by atoms with Gasteiger partial charge in [0.15, 0.2) is 5.82 Å². The molecule has 0 aliphatic carbocycles. The van der Waals surface area contributed by atoms with Gasteiger partial charge >= 0.3 is 0 Å². The van der Waals surface area contributed by atoms with E-state index in [1.165, 1.54) is 11.1 Å². The van der Waals surface area contributed by atoms with Crippen LogP contribution in [0.3, 0.4) is 0 Å². The van der Waals surface area contributed by atoms with Crippen LogP contribution in [0.1, 0.15) is 33.7 Å². The number of hydrogen-bond donors (Lipinski definition) is 3. The van der Waals surface area contributed by atoms with Gasteiger partial charge in [-0.15, -0.1) is 0 Å². The average Bonchev–Trinajstić information content (AvgIpc) is 3.12. The van der Waals surface area contributed by atoms with E-state index in [1.807, 2.05) is 0 Å². The van der Waals surface area contributed by atoms with Crippen molar-refractivity contribution in [1.82, 2.24) is 25.3 Å². The summed E-state index contributed by atoms with van der Waals surface area (Å²) < 4.78 is 0. The number of benzene rings is 1. The maximum Gasteiger partial charge on any atom is 0.255 e. The van der Waals surface area contributed by atoms with Crippen LogP contribution in [0.5, 0.6) is 0 Å². The number of nitrogens with zero attached hydrogens (tertiary/aromatic N) is 3. The fourth-order valence-electron chi connectivity index (χ4n) is 3.66. The number of carbonyl (C=O) groups excluding carboxylic acids is 1. The second-order valence-corrected chi connectivity index (χ2v) is 7.36. The Labute approximate surface area is 169 Å². The fourth-order valence-corrected chi connectivity index (χ4v) is 3.66. The minimum absolute atomic E-state index is 0.0461. The number of aromatic amines is 1. The predicted octanol–water partition coefficient (Wildman–Crippen LogP) is 2.85. The molecule has 29 heavy (non-hydrogen) atoms. The first-order valence-electron chi connectivity index (χ1n) is 9.52. The van der Waals surface area contributed by atoms with E-state index in [-0.39, 0.29) is 5.91 Å². The molecule has 1 amide bonds. The van der Waals surface area contributed by atoms with Crippen molar-refractivity contribution in [1.29, 1.82) is 0 Å². The Morgan fingerprint density at radius 1 is 1.31 bits per heavy atom. The highest BCUT2D eigenvalue weighted by atomic mass is 16.2. The van der Waals surface area contributed by atoms with E-state index in [9.17, 15) is 4.79 Å². The molecule has 1 fully saturated rings. The van der Waals surface area contributed by atoms with Crippen molar-refractivity contribution in [3.63, 3.8) is 0 Å². The molecule has 4 N–H and O–H groups in total. The van der Waals surface area contributed by atoms with Gasteiger partial charge in [-0.25, -0.2) is 4.98 Å². The topological polar surface area (TPSA) is 99.9 Å². The first-order valence-corrected chi connectivity index (χ1v) is 9.52. The third-order valence-corrected chi connectivity index (χ3v) is 5.42. The molecule has 3 heterocycles. The Hall–Kier alpha value is -3.45. The van der Waals surface area contributed by atoms with Gasteiger partial charge in [0.2, 0.25) is 0 Å². The minimum atomic E-state index is -0.0461. The number of piperidine rings is 1. The third kappa shape index (κ3) is 3.52. The Morgan fingerprint density at radius 3 is 2.79 bits per heavy atom. The molecule has 1 saturated heterocycles. The molecule has 1 aliphatic heterocycles. The van der Waals surface area contributed by atoms with Gasteiger partial charge in [0.1, 0.15) is 0 Å². The number of H-pyrrole nitrogens is 1. The predicted molar refractivity (Wildman–Crippen MR) is 114 cm³/mol. The number of rotatable bonds is 3. The average molecular weight is 388 g/mol. The van der Waals surface area contributed by atoms with Crippen LogP contribution >= 0.6 is 0 Å². The molecule has 0 unspecified atom stereocenters. The van der Waals surface area contributed by atoms with E-state index in [2.05, 4.69) is 48.0 Å². The summed E-state index contributed by atoms with van der Waals surface area (Å²) >= 11 is 0. The standard InChI is InChI=1S/C22H24N6O/c1-13-9-18-19(10-14(13)2)26-21(25-18)20(27-23)17-6-8-28(12-15(17)3)22(29)16-5-4-7-24-11-16/h4-5,7,9-11,27H,3,6,8,12,23H2,1-2H3,(H,25,26)/b20-17-. The largest absolute Gasteiger partial charge is 0.337 e. The third-order valence-electron chi connectivity index (χ3n) is 5.42. The molecule has 0 spiro atoms. The first kappa shape index (κ1) is 18.9. The van der Waals surface area contributed by atoms with Gasteiger partial charge in [-0.3, -0.25) is 15.6 Å². The van der Waals surface area contributed by atoms with E-state index in [0.717, 1.165) is 27.9 Å². The lowest BCUT2D eigenvalue weighted by Gasteiger charge is -2.31. The second kappa shape index (κ2) is 7.52. The molecule has 148 valence electrons. The summed E-state index contributed by atoms with van der Waals surface area (Å²) in [5.74, 6) is 6.50. The lowest BCUT2D eigenvalue weighted by molar-refractivity contribution is 0.0763. The highest BCUT2D eigenvalue weighted by molar-refractivity contribution is 5.94. The molecule has 1 aromatic carbocycles. The number of hydrazine groups is 1. The molecule has 0 saturated carbocycles. The number of nitrogens with one attached hydrogen (secondary N) is 2. The summed E-state index contributed by atoms with van der Waals surface area (Å²) in [7, 11) is 0. The van der Waals surface area contributed by atoms with Gasteiger partial charge in [0, 0.05) is 25.5 Å². The molecule has 0 radical (unpaired) electrons. The molecule has 2 aromatic heterocycles. The number of imidazole rings is 1. The second-order valence-electron chi connectivity index (χ2n) is 7.36. The zero-order chi connectivity index (χ0) is 20.5. The summed E-state index contributed by atoms with van der Waals surface area (Å²) in [6.45, 7) is 9.35. The van der Waals surface area contributed by atoms with Crippen molar-refractivity contribution in [3.05, 3.63) is 76.9 Å². The van der Waals surface area contributed by atoms with E-state index >= 15 is 0 Å². The summed E-state index contributed by atoms with van der Waals surface area (Å²) in [4.78, 5) is 26.6. The molecule has 0 bridgehead atoms. The number of fused-ring (bicyclic) bond motifs is 1. The summed E-state index contributed by atoms with van der Waals surface area (Å²) in [5, 5.41) is 0. The van der Waals surface area contributed by atoms with E-state index in [4.69, 9.17) is 10.8 Å². The van der Waals surface area contributed by atoms with E-state index in [0.29, 0.717) is 30.9 Å². The molecular weight excluding hydrogens is 364 g/mol. The van der Waals surface area contributed by atoms with Crippen molar-refractivity contribution in [2.24, 2.45) is 5.84 Å². The van der Waals surface area contributed by atoms with Gasteiger partial charge in [0.05, 0.1) is 22.3 Å². The SMILES string of the molecule is C=C1CN(C(=O)c2cccnc2)CC/C1=C(/NN)c1nc2cc(C)c(C)cc2[nH]1. The molecule has 0 atom stereocenters. The first-order chi connectivity index (χ1) is 14.0. The normalized spacial score (nSPS) is 16.2. The molecule has 7 nitrogen and oxygen atoms in total. The van der Waals surface area contributed by atoms with Crippen LogP contribution in [-0.4, -0.2) is 38.8 Å². The number of amides is 1. The Balaban J connectivity index is 1.63. The van der Waals surface area contributed by atoms with Gasteiger partial charge in [-0.2, -0.15) is 0 Å². The number of carbonyl (C=O) groups is 1. The zero-order valence-corrected chi connectivity index (χ0v) is 16.6. The maximum absolute atomic E-state index is 12.7. The van der Waals surface area contributed by atoms with Crippen molar-refractivity contribution >= 4 is 22.6 Å². The van der Waals surface area contributed by atoms with Gasteiger partial charge in [-0.05, 0) is 66.8 Å². The summed E-state index contributed by atoms with van der Waals surface area (Å²) in [6, 6.07) is 7.69. The number of nitrogens with two attached hydrogens (primary N) is 1. The van der Waals surface area contributed by atoms with Gasteiger partial charge < -0.3 is 15.3 Å². The summed E-state index contributed by atoms with van der Waals surface area (Å²) in [6.07, 6.45) is 3.88. The molecule has 7 heteroatoms. The van der Waals surface area contributed by atoms with Crippen LogP contribution in [-0.2, 0) is 0 Å². The lowest BCUT2D eigenvalue weighted by Crippen LogP contribution is -2.38. The van der Waals surface area contributed by atoms with E-state index in [1.54, 1.807) is 29.4 Å². The maximum atomic E-state index is 12.7. The van der Waals surface area contributed by atoms with Crippen LogP contribution in [0.15, 0.2) is 54.4 Å². The van der Waals surface area contributed by atoms with Crippen molar-refractivity contribution in [2.45, 2.75) is 20.3 Å². The van der Waals surface area contributed by atoms with Crippen LogP contribution in [0, 0.1) is 13.8 Å². The minimum Gasteiger partial charge on any atom is -0.337 e. The number of hydrogen-bond acceptors (Lipinski definition) is 5. The van der Waals surface area contributed by atoms with Crippen molar-refractivity contribution < 1.29 is 4.79 Å². The Bertz CT molecular complexity index is 1090. The zero-order valence-electron chi connectivity index (χ0n) is 16.6. The highest BCUT2D eigenvalue weighted by Crippen LogP contribution is 2.29. The molecular formula is C22H24N6O. The monoisotopic (exact) mass is 388 g/mol. The molecule has 4 rings (SSSR count). The van der Waals surface area contributed by atoms with Crippen LogP contribution < -0.4 is 11.3 Å². The van der Waals surface area contributed by atoms with E-state index < -0.39 is 0 Å². The van der Waals surface area contributed by atoms with Gasteiger partial charge in [-0.1, -0.05) is 6.58 Å². The fraction of sp³-hybridized carbons (Fsp3) is 0.227. The summed E-state index contributed by atoms with van der Waals surface area (Å²) in [5.41, 5.74) is 10.2. The van der Waals surface area contributed by atoms with Gasteiger partial charge in [0.25, 0.3) is 5.91 Å². The van der Waals surface area contributed by atoms with Crippen LogP contribution in [0.2, 0.25) is 0 Å². The van der Waals surface area contributed by atoms with Crippen molar-refractivity contribution in [3.8, 4) is 0 Å². The van der Waals surface area contributed by atoms with Crippen LogP contribution in [0.4, 0.5) is 0 Å². The number of likely N-dealkylation sites (tertiary alicyclic amines) is 1. The molecule has 3 aromatic rings. The quantitative estimate of drug-likeness (QED) is 0.473. The molecule has 1 aliphatic rings. The van der Waals surface area contributed by atoms with Crippen LogP contribution in [0.25, 0.3) is 16.7 Å². The highest BCUT2D eigenvalue weighted by Gasteiger charge is 2.26. The Kier molecular flexibility index (Phi) is 4.90. The number of pyridine rings is 1. The number of aryl methyl sites for hydroxylation is 2. The Morgan fingerprint density at radius 2 is 2.10 bits per heavy atom. The smallest absolute Gasteiger partial charge is 0.255 e. The number of aromatic nitrogens is 3. The lowest BCUT2D eigenvalue weighted by atomic mass is 9.96. The van der Waals surface area contributed by atoms with Crippen molar-refractivity contribution in [2.75, 3.05) is 13.1 Å².